The van der Waals surface area contributed by atoms with E-state index in [0.717, 1.165) is 5.56 Å². The fourth-order valence-electron chi connectivity index (χ4n) is 2.62. The molecule has 0 saturated carbocycles. The van der Waals surface area contributed by atoms with Crippen LogP contribution in [0.3, 0.4) is 0 Å². The van der Waals surface area contributed by atoms with Crippen LogP contribution < -0.4 is 10.0 Å². The zero-order valence-electron chi connectivity index (χ0n) is 12.2. The van der Waals surface area contributed by atoms with Gasteiger partial charge in [-0.1, -0.05) is 18.2 Å². The lowest BCUT2D eigenvalue weighted by Gasteiger charge is -2.23. The molecule has 1 aromatic carbocycles. The molecule has 6 nitrogen and oxygen atoms in total. The van der Waals surface area contributed by atoms with E-state index in [-0.39, 0.29) is 5.92 Å². The number of esters is 1. The average molecular weight is 312 g/mol. The number of methoxy groups -OCH3 is 1. The fraction of sp³-hybridized carbons (Fsp3) is 0.500. The van der Waals surface area contributed by atoms with Crippen molar-refractivity contribution < 1.29 is 17.9 Å². The zero-order chi connectivity index (χ0) is 15.6. The van der Waals surface area contributed by atoms with Gasteiger partial charge in [0.05, 0.1) is 12.8 Å². The van der Waals surface area contributed by atoms with E-state index in [9.17, 15) is 13.2 Å². The highest BCUT2D eigenvalue weighted by Gasteiger charge is 2.40. The van der Waals surface area contributed by atoms with E-state index in [4.69, 9.17) is 5.73 Å². The summed E-state index contributed by atoms with van der Waals surface area (Å²) in [6.45, 7) is 2.15. The van der Waals surface area contributed by atoms with Crippen molar-refractivity contribution in [2.24, 2.45) is 5.73 Å². The van der Waals surface area contributed by atoms with Gasteiger partial charge in [0.1, 0.15) is 0 Å². The van der Waals surface area contributed by atoms with Crippen molar-refractivity contribution in [2.75, 3.05) is 24.5 Å². The highest BCUT2D eigenvalue weighted by molar-refractivity contribution is 7.94. The van der Waals surface area contributed by atoms with Crippen LogP contribution >= 0.6 is 0 Å². The third kappa shape index (κ3) is 2.75. The quantitative estimate of drug-likeness (QED) is 0.813. The van der Waals surface area contributed by atoms with Gasteiger partial charge in [0, 0.05) is 12.5 Å². The summed E-state index contributed by atoms with van der Waals surface area (Å²) in [4.78, 5) is 11.6. The number of sulfonamides is 1. The Balaban J connectivity index is 2.40. The number of carbonyl (C=O) groups excluding carboxylic acids is 1. The van der Waals surface area contributed by atoms with E-state index in [1.165, 1.54) is 18.3 Å². The number of nitrogens with two attached hydrogens (primary N) is 1. The summed E-state index contributed by atoms with van der Waals surface area (Å²) in [5.41, 5.74) is 7.20. The molecule has 0 aromatic heterocycles. The lowest BCUT2D eigenvalue weighted by molar-refractivity contribution is -0.139. The number of para-hydroxylation sites is 1. The fourth-order valence-corrected chi connectivity index (χ4v) is 4.17. The minimum atomic E-state index is -3.80. The van der Waals surface area contributed by atoms with Gasteiger partial charge in [0.2, 0.25) is 10.0 Å². The highest BCUT2D eigenvalue weighted by Crippen LogP contribution is 2.40. The Morgan fingerprint density at radius 1 is 1.48 bits per heavy atom. The highest BCUT2D eigenvalue weighted by atomic mass is 32.2. The first-order chi connectivity index (χ1) is 9.93. The zero-order valence-corrected chi connectivity index (χ0v) is 13.0. The predicted molar refractivity (Wildman–Crippen MR) is 80.6 cm³/mol. The summed E-state index contributed by atoms with van der Waals surface area (Å²) >= 11 is 0. The average Bonchev–Trinajstić information content (AvgIpc) is 2.86. The monoisotopic (exact) mass is 312 g/mol. The SMILES string of the molecule is COC(=O)C(C)S(=O)(=O)N1CC(CCN)c2ccccc21. The van der Waals surface area contributed by atoms with Crippen LogP contribution in [0.1, 0.15) is 24.8 Å². The minimum Gasteiger partial charge on any atom is -0.468 e. The largest absolute Gasteiger partial charge is 0.468 e. The summed E-state index contributed by atoms with van der Waals surface area (Å²) in [7, 11) is -2.61. The van der Waals surface area contributed by atoms with Crippen molar-refractivity contribution in [1.29, 1.82) is 0 Å². The molecule has 2 rings (SSSR count). The van der Waals surface area contributed by atoms with Crippen LogP contribution in [0.2, 0.25) is 0 Å². The molecule has 0 amide bonds. The molecule has 0 spiro atoms. The molecule has 2 N–H and O–H groups in total. The summed E-state index contributed by atoms with van der Waals surface area (Å²) in [6, 6.07) is 7.33. The van der Waals surface area contributed by atoms with Gasteiger partial charge >= 0.3 is 5.97 Å². The molecule has 2 atom stereocenters. The maximum absolute atomic E-state index is 12.6. The van der Waals surface area contributed by atoms with Crippen LogP contribution in [0.15, 0.2) is 24.3 Å². The number of anilines is 1. The molecule has 0 saturated heterocycles. The molecule has 0 bridgehead atoms. The second-order valence-corrected chi connectivity index (χ2v) is 7.25. The number of benzene rings is 1. The van der Waals surface area contributed by atoms with Crippen LogP contribution in [0, 0.1) is 0 Å². The van der Waals surface area contributed by atoms with Crippen molar-refractivity contribution in [3.05, 3.63) is 29.8 Å². The normalized spacial score (nSPS) is 19.2. The Hall–Kier alpha value is -1.60. The number of carbonyl (C=O) groups is 1. The smallest absolute Gasteiger partial charge is 0.325 e. The molecule has 7 heteroatoms. The Bertz CT molecular complexity index is 630. The summed E-state index contributed by atoms with van der Waals surface area (Å²) in [5, 5.41) is -1.23. The van der Waals surface area contributed by atoms with Gasteiger partial charge in [-0.05, 0) is 31.5 Å². The first-order valence-corrected chi connectivity index (χ1v) is 8.32. The van der Waals surface area contributed by atoms with E-state index >= 15 is 0 Å². The number of ether oxygens (including phenoxy) is 1. The first-order valence-electron chi connectivity index (χ1n) is 6.81. The van der Waals surface area contributed by atoms with Crippen LogP contribution in [0.4, 0.5) is 5.69 Å². The third-order valence-corrected chi connectivity index (χ3v) is 5.88. The Morgan fingerprint density at radius 3 is 2.76 bits per heavy atom. The second kappa shape index (κ2) is 6.03. The molecule has 116 valence electrons. The van der Waals surface area contributed by atoms with Gasteiger partial charge in [-0.15, -0.1) is 0 Å². The number of hydrogen-bond acceptors (Lipinski definition) is 5. The Kier molecular flexibility index (Phi) is 4.53. The Labute approximate surface area is 124 Å². The number of nitrogens with zero attached hydrogens (tertiary/aromatic N) is 1. The number of rotatable bonds is 5. The van der Waals surface area contributed by atoms with Crippen molar-refractivity contribution in [2.45, 2.75) is 24.5 Å². The van der Waals surface area contributed by atoms with Gasteiger partial charge in [-0.2, -0.15) is 0 Å². The van der Waals surface area contributed by atoms with E-state index in [1.807, 2.05) is 12.1 Å². The topological polar surface area (TPSA) is 89.7 Å². The summed E-state index contributed by atoms with van der Waals surface area (Å²) in [5.74, 6) is -0.694. The molecular weight excluding hydrogens is 292 g/mol. The first kappa shape index (κ1) is 15.8. The van der Waals surface area contributed by atoms with E-state index < -0.39 is 21.2 Å². The maximum Gasteiger partial charge on any atom is 0.325 e. The maximum atomic E-state index is 12.6. The van der Waals surface area contributed by atoms with E-state index in [1.54, 1.807) is 12.1 Å². The van der Waals surface area contributed by atoms with Crippen LogP contribution in [-0.4, -0.2) is 39.8 Å². The minimum absolute atomic E-state index is 0.0609. The lowest BCUT2D eigenvalue weighted by atomic mass is 9.98. The third-order valence-electron chi connectivity index (χ3n) is 3.83. The van der Waals surface area contributed by atoms with Crippen molar-refractivity contribution in [1.82, 2.24) is 0 Å². The predicted octanol–water partition coefficient (Wildman–Crippen LogP) is 0.830. The van der Waals surface area contributed by atoms with Gasteiger partial charge in [0.15, 0.2) is 5.25 Å². The molecule has 21 heavy (non-hydrogen) atoms. The molecular formula is C14H20N2O4S. The standard InChI is InChI=1S/C14H20N2O4S/c1-10(14(17)20-2)21(18,19)16-9-11(7-8-15)12-5-3-4-6-13(12)16/h3-6,10-11H,7-9,15H2,1-2H3. The second-order valence-electron chi connectivity index (χ2n) is 5.07. The van der Waals surface area contributed by atoms with Crippen LogP contribution in [-0.2, 0) is 19.6 Å². The number of hydrogen-bond donors (Lipinski definition) is 1. The summed E-state index contributed by atoms with van der Waals surface area (Å²) in [6.07, 6.45) is 0.704. The van der Waals surface area contributed by atoms with E-state index in [0.29, 0.717) is 25.2 Å². The van der Waals surface area contributed by atoms with Gasteiger partial charge in [0.25, 0.3) is 0 Å². The lowest BCUT2D eigenvalue weighted by Crippen LogP contribution is -2.41. The van der Waals surface area contributed by atoms with Crippen molar-refractivity contribution in [3.63, 3.8) is 0 Å². The Morgan fingerprint density at radius 2 is 2.14 bits per heavy atom. The molecule has 1 aromatic rings. The van der Waals surface area contributed by atoms with E-state index in [2.05, 4.69) is 4.74 Å². The van der Waals surface area contributed by atoms with Gasteiger partial charge < -0.3 is 10.5 Å². The van der Waals surface area contributed by atoms with Crippen molar-refractivity contribution >= 4 is 21.7 Å². The summed E-state index contributed by atoms with van der Waals surface area (Å²) < 4.78 is 31.1. The van der Waals surface area contributed by atoms with Crippen LogP contribution in [0.5, 0.6) is 0 Å². The molecule has 1 heterocycles. The molecule has 1 aliphatic rings. The van der Waals surface area contributed by atoms with Crippen LogP contribution in [0.25, 0.3) is 0 Å². The van der Waals surface area contributed by atoms with Gasteiger partial charge in [-0.25, -0.2) is 8.42 Å². The number of fused-ring (bicyclic) bond motifs is 1. The molecule has 0 fully saturated rings. The molecule has 0 radical (unpaired) electrons. The molecule has 2 unspecified atom stereocenters. The van der Waals surface area contributed by atoms with Gasteiger partial charge in [-0.3, -0.25) is 9.10 Å². The van der Waals surface area contributed by atoms with Crippen molar-refractivity contribution in [3.8, 4) is 0 Å². The molecule has 1 aliphatic heterocycles. The molecule has 0 aliphatic carbocycles.